The molecule has 13 heavy (non-hydrogen) atoms. The second kappa shape index (κ2) is 3.25. The molecule has 1 aliphatic rings. The van der Waals surface area contributed by atoms with E-state index in [1.807, 2.05) is 27.7 Å². The van der Waals surface area contributed by atoms with Crippen molar-refractivity contribution in [2.24, 2.45) is 0 Å². The molecular weight excluding hydrogens is 184 g/mol. The molecule has 0 aliphatic carbocycles. The smallest absolute Gasteiger partial charge is 0.251 e. The molecule has 76 valence electrons. The van der Waals surface area contributed by atoms with Crippen molar-refractivity contribution in [1.29, 1.82) is 0 Å². The molecule has 1 fully saturated rings. The average molecular weight is 202 g/mol. The van der Waals surface area contributed by atoms with E-state index >= 15 is 0 Å². The molecule has 0 aromatic carbocycles. The van der Waals surface area contributed by atoms with Gasteiger partial charge in [-0.05, 0) is 39.4 Å². The minimum absolute atomic E-state index is 0. The standard InChI is InChI=1S/C9H16N2OS.H2/c1-5-6-7(12)11(8(13)10-6)9(2,3)4;/h6H,5H2,1-4H3,(H,10,13);1H. The lowest BCUT2D eigenvalue weighted by molar-refractivity contribution is -0.130. The third-order valence-corrected chi connectivity index (χ3v) is 2.40. The fraction of sp³-hybridized carbons (Fsp3) is 0.778. The molecule has 0 aromatic rings. The average Bonchev–Trinajstić information content (AvgIpc) is 2.24. The van der Waals surface area contributed by atoms with E-state index in [9.17, 15) is 4.79 Å². The van der Waals surface area contributed by atoms with Crippen LogP contribution in [-0.2, 0) is 4.79 Å². The van der Waals surface area contributed by atoms with Crippen molar-refractivity contribution in [1.82, 2.24) is 10.2 Å². The van der Waals surface area contributed by atoms with Gasteiger partial charge in [0.05, 0.1) is 0 Å². The Balaban J connectivity index is 0.00000169. The van der Waals surface area contributed by atoms with Crippen molar-refractivity contribution in [2.75, 3.05) is 0 Å². The number of hydrogen-bond acceptors (Lipinski definition) is 2. The van der Waals surface area contributed by atoms with Gasteiger partial charge in [-0.3, -0.25) is 9.69 Å². The summed E-state index contributed by atoms with van der Waals surface area (Å²) in [5, 5.41) is 3.58. The third-order valence-electron chi connectivity index (χ3n) is 2.10. The fourth-order valence-electron chi connectivity index (χ4n) is 1.44. The molecular formula is C9H18N2OS. The molecule has 1 N–H and O–H groups in total. The molecule has 1 aliphatic heterocycles. The highest BCUT2D eigenvalue weighted by molar-refractivity contribution is 7.80. The Morgan fingerprint density at radius 3 is 2.38 bits per heavy atom. The van der Waals surface area contributed by atoms with Gasteiger partial charge >= 0.3 is 0 Å². The van der Waals surface area contributed by atoms with E-state index < -0.39 is 0 Å². The molecule has 1 saturated heterocycles. The monoisotopic (exact) mass is 202 g/mol. The van der Waals surface area contributed by atoms with Crippen LogP contribution in [0.1, 0.15) is 35.5 Å². The summed E-state index contributed by atoms with van der Waals surface area (Å²) in [5.74, 6) is 0.0972. The summed E-state index contributed by atoms with van der Waals surface area (Å²) < 4.78 is 0. The van der Waals surface area contributed by atoms with Crippen LogP contribution in [0.4, 0.5) is 0 Å². The van der Waals surface area contributed by atoms with Crippen molar-refractivity contribution < 1.29 is 6.22 Å². The Kier molecular flexibility index (Phi) is 2.61. The molecule has 1 amide bonds. The van der Waals surface area contributed by atoms with Crippen LogP contribution in [0.5, 0.6) is 0 Å². The van der Waals surface area contributed by atoms with Crippen LogP contribution in [0, 0.1) is 0 Å². The van der Waals surface area contributed by atoms with E-state index in [0.717, 1.165) is 6.42 Å². The van der Waals surface area contributed by atoms with Crippen molar-refractivity contribution in [3.63, 3.8) is 0 Å². The number of carbonyl (C=O) groups excluding carboxylic acids is 1. The predicted molar refractivity (Wildman–Crippen MR) is 58.5 cm³/mol. The molecule has 4 heteroatoms. The van der Waals surface area contributed by atoms with Crippen LogP contribution >= 0.6 is 12.2 Å². The zero-order valence-corrected chi connectivity index (χ0v) is 9.36. The SMILES string of the molecule is CCC1NC(=S)N(C(C)(C)C)C1=O.[HH]. The summed E-state index contributed by atoms with van der Waals surface area (Å²) in [5.41, 5.74) is -0.217. The van der Waals surface area contributed by atoms with Gasteiger partial charge in [-0.15, -0.1) is 0 Å². The quantitative estimate of drug-likeness (QED) is 0.654. The molecule has 0 spiro atoms. The first kappa shape index (κ1) is 10.4. The summed E-state index contributed by atoms with van der Waals surface area (Å²) in [6, 6.07) is -0.119. The summed E-state index contributed by atoms with van der Waals surface area (Å²) in [7, 11) is 0. The second-order valence-corrected chi connectivity index (χ2v) is 4.64. The zero-order valence-electron chi connectivity index (χ0n) is 8.55. The number of rotatable bonds is 1. The number of nitrogens with one attached hydrogen (secondary N) is 1. The Hall–Kier alpha value is -0.640. The molecule has 0 bridgehead atoms. The largest absolute Gasteiger partial charge is 0.350 e. The van der Waals surface area contributed by atoms with Gasteiger partial charge in [-0.1, -0.05) is 6.92 Å². The number of amides is 1. The first-order chi connectivity index (χ1) is 5.88. The highest BCUT2D eigenvalue weighted by atomic mass is 32.1. The maximum absolute atomic E-state index is 11.8. The van der Waals surface area contributed by atoms with Gasteiger partial charge in [0, 0.05) is 6.97 Å². The lowest BCUT2D eigenvalue weighted by Gasteiger charge is -2.30. The molecule has 0 aromatic heterocycles. The Morgan fingerprint density at radius 2 is 2.15 bits per heavy atom. The number of carbonyl (C=O) groups is 1. The van der Waals surface area contributed by atoms with Crippen molar-refractivity contribution in [2.45, 2.75) is 45.7 Å². The molecule has 0 saturated carbocycles. The maximum atomic E-state index is 11.8. The van der Waals surface area contributed by atoms with Gasteiger partial charge in [-0.25, -0.2) is 0 Å². The summed E-state index contributed by atoms with van der Waals surface area (Å²) in [4.78, 5) is 13.4. The van der Waals surface area contributed by atoms with Crippen LogP contribution in [0.2, 0.25) is 0 Å². The van der Waals surface area contributed by atoms with E-state index in [4.69, 9.17) is 12.2 Å². The van der Waals surface area contributed by atoms with E-state index in [2.05, 4.69) is 5.32 Å². The Bertz CT molecular complexity index is 250. The van der Waals surface area contributed by atoms with E-state index in [1.165, 1.54) is 0 Å². The molecule has 0 radical (unpaired) electrons. The van der Waals surface area contributed by atoms with Crippen LogP contribution in [0.3, 0.4) is 0 Å². The summed E-state index contributed by atoms with van der Waals surface area (Å²) in [6.07, 6.45) is 0.783. The van der Waals surface area contributed by atoms with Gasteiger partial charge in [0.15, 0.2) is 5.11 Å². The molecule has 1 unspecified atom stereocenters. The lowest BCUT2D eigenvalue weighted by atomic mass is 10.1. The maximum Gasteiger partial charge on any atom is 0.251 e. The van der Waals surface area contributed by atoms with Crippen LogP contribution in [0.25, 0.3) is 0 Å². The van der Waals surface area contributed by atoms with Gasteiger partial charge < -0.3 is 5.32 Å². The zero-order chi connectivity index (χ0) is 10.2. The minimum atomic E-state index is -0.217. The molecule has 1 rings (SSSR count). The second-order valence-electron chi connectivity index (χ2n) is 4.25. The van der Waals surface area contributed by atoms with E-state index in [-0.39, 0.29) is 18.9 Å². The third kappa shape index (κ3) is 1.82. The predicted octanol–water partition coefficient (Wildman–Crippen LogP) is 1.53. The number of nitrogens with zero attached hydrogens (tertiary/aromatic N) is 1. The Labute approximate surface area is 86.0 Å². The van der Waals surface area contributed by atoms with Crippen LogP contribution < -0.4 is 5.32 Å². The van der Waals surface area contributed by atoms with Crippen molar-refractivity contribution >= 4 is 23.2 Å². The topological polar surface area (TPSA) is 32.3 Å². The highest BCUT2D eigenvalue weighted by Gasteiger charge is 2.40. The molecule has 3 nitrogen and oxygen atoms in total. The highest BCUT2D eigenvalue weighted by Crippen LogP contribution is 2.20. The van der Waals surface area contributed by atoms with Gasteiger partial charge in [-0.2, -0.15) is 0 Å². The van der Waals surface area contributed by atoms with Crippen LogP contribution in [-0.4, -0.2) is 27.5 Å². The summed E-state index contributed by atoms with van der Waals surface area (Å²) >= 11 is 5.10. The van der Waals surface area contributed by atoms with Crippen molar-refractivity contribution in [3.05, 3.63) is 0 Å². The van der Waals surface area contributed by atoms with E-state index in [1.54, 1.807) is 4.90 Å². The molecule has 1 atom stereocenters. The van der Waals surface area contributed by atoms with Crippen LogP contribution in [0.15, 0.2) is 0 Å². The number of thiocarbonyl (C=S) groups is 1. The van der Waals surface area contributed by atoms with Gasteiger partial charge in [0.25, 0.3) is 5.91 Å². The minimum Gasteiger partial charge on any atom is -0.350 e. The van der Waals surface area contributed by atoms with Crippen molar-refractivity contribution in [3.8, 4) is 0 Å². The Morgan fingerprint density at radius 1 is 1.62 bits per heavy atom. The lowest BCUT2D eigenvalue weighted by Crippen LogP contribution is -2.46. The fourth-order valence-corrected chi connectivity index (χ4v) is 1.95. The van der Waals surface area contributed by atoms with E-state index in [0.29, 0.717) is 5.11 Å². The molecule has 1 heterocycles. The van der Waals surface area contributed by atoms with Gasteiger partial charge in [0.2, 0.25) is 0 Å². The first-order valence-corrected chi connectivity index (χ1v) is 4.93. The normalized spacial score (nSPS) is 23.7. The van der Waals surface area contributed by atoms with Gasteiger partial charge in [0.1, 0.15) is 6.04 Å². The first-order valence-electron chi connectivity index (χ1n) is 4.52. The summed E-state index contributed by atoms with van der Waals surface area (Å²) in [6.45, 7) is 7.93. The number of hydrogen-bond donors (Lipinski definition) is 1.